The zero-order valence-electron chi connectivity index (χ0n) is 12.0. The van der Waals surface area contributed by atoms with Crippen molar-refractivity contribution in [3.8, 4) is 0 Å². The van der Waals surface area contributed by atoms with E-state index in [1.54, 1.807) is 14.1 Å². The van der Waals surface area contributed by atoms with E-state index >= 15 is 0 Å². The quantitative estimate of drug-likeness (QED) is 0.739. The second-order valence-electron chi connectivity index (χ2n) is 5.32. The van der Waals surface area contributed by atoms with Crippen molar-refractivity contribution in [1.29, 1.82) is 0 Å². The molecular weight excluding hydrogens is 228 g/mol. The molecule has 0 radical (unpaired) electrons. The zero-order valence-corrected chi connectivity index (χ0v) is 12.0. The van der Waals surface area contributed by atoms with Gasteiger partial charge in [0.1, 0.15) is 10.7 Å². The minimum Gasteiger partial charge on any atom is -0.306 e. The molecular formula is C14H22N2O2. The van der Waals surface area contributed by atoms with E-state index in [-0.39, 0.29) is 23.0 Å². The third-order valence-corrected chi connectivity index (χ3v) is 2.75. The second kappa shape index (κ2) is 5.38. The third kappa shape index (κ3) is 2.81. The van der Waals surface area contributed by atoms with Crippen molar-refractivity contribution in [3.05, 3.63) is 31.4 Å². The van der Waals surface area contributed by atoms with Crippen molar-refractivity contribution >= 4 is 12.2 Å². The molecule has 0 aliphatic rings. The number of nitrogens with zero attached hydrogens (tertiary/aromatic N) is 2. The summed E-state index contributed by atoms with van der Waals surface area (Å²) >= 11 is 0. The topological polar surface area (TPSA) is 44.0 Å². The summed E-state index contributed by atoms with van der Waals surface area (Å²) in [5.41, 5.74) is -0.254. The first-order valence-electron chi connectivity index (χ1n) is 6.25. The van der Waals surface area contributed by atoms with Crippen molar-refractivity contribution in [2.75, 3.05) is 0 Å². The van der Waals surface area contributed by atoms with Crippen LogP contribution >= 0.6 is 0 Å². The fourth-order valence-corrected chi connectivity index (χ4v) is 1.85. The highest BCUT2D eigenvalue weighted by molar-refractivity contribution is 5.24. The molecule has 1 heterocycles. The highest BCUT2D eigenvalue weighted by Gasteiger charge is 2.05. The Morgan fingerprint density at radius 2 is 1.06 bits per heavy atom. The van der Waals surface area contributed by atoms with Gasteiger partial charge in [0.2, 0.25) is 0 Å². The molecule has 0 unspecified atom stereocenters. The van der Waals surface area contributed by atoms with Crippen molar-refractivity contribution in [2.24, 2.45) is 25.9 Å². The summed E-state index contributed by atoms with van der Waals surface area (Å²) in [6.07, 6.45) is 3.64. The van der Waals surface area contributed by atoms with Crippen LogP contribution in [0.1, 0.15) is 27.7 Å². The molecule has 4 nitrogen and oxygen atoms in total. The minimum absolute atomic E-state index is 0.127. The summed E-state index contributed by atoms with van der Waals surface area (Å²) in [4.78, 5) is 24.5. The van der Waals surface area contributed by atoms with E-state index in [9.17, 15) is 9.59 Å². The van der Waals surface area contributed by atoms with E-state index in [4.69, 9.17) is 0 Å². The summed E-state index contributed by atoms with van der Waals surface area (Å²) in [6, 6.07) is 0. The van der Waals surface area contributed by atoms with Crippen molar-refractivity contribution in [2.45, 2.75) is 27.7 Å². The Hall–Kier alpha value is -1.58. The standard InChI is InChI=1S/C14H22N2O2/c1-9(2)7-11-13(17)16(6)12(8-10(3)4)14(18)15(11)5/h7-10H,1-6H3/b11-7-,12-8-. The monoisotopic (exact) mass is 250 g/mol. The molecule has 0 saturated heterocycles. The minimum atomic E-state index is -0.127. The lowest BCUT2D eigenvalue weighted by molar-refractivity contribution is 0.683. The first kappa shape index (κ1) is 14.5. The average Bonchev–Trinajstić information content (AvgIpc) is 2.27. The fourth-order valence-electron chi connectivity index (χ4n) is 1.85. The summed E-state index contributed by atoms with van der Waals surface area (Å²) in [5, 5.41) is 0.914. The van der Waals surface area contributed by atoms with E-state index in [0.29, 0.717) is 10.7 Å². The molecule has 0 bridgehead atoms. The molecule has 1 aromatic rings. The molecule has 0 N–H and O–H groups in total. The van der Waals surface area contributed by atoms with Crippen LogP contribution in [0.2, 0.25) is 0 Å². The van der Waals surface area contributed by atoms with Crippen molar-refractivity contribution < 1.29 is 0 Å². The molecule has 0 aliphatic heterocycles. The Bertz CT molecular complexity index is 601. The maximum absolute atomic E-state index is 12.2. The molecule has 1 aromatic heterocycles. The highest BCUT2D eigenvalue weighted by Crippen LogP contribution is 1.91. The van der Waals surface area contributed by atoms with Crippen LogP contribution in [-0.4, -0.2) is 9.13 Å². The highest BCUT2D eigenvalue weighted by atomic mass is 16.1. The number of hydrogen-bond acceptors (Lipinski definition) is 2. The molecule has 100 valence electrons. The van der Waals surface area contributed by atoms with Gasteiger partial charge in [-0.05, 0) is 11.8 Å². The van der Waals surface area contributed by atoms with Crippen molar-refractivity contribution in [3.63, 3.8) is 0 Å². The van der Waals surface area contributed by atoms with Gasteiger partial charge in [-0.1, -0.05) is 39.8 Å². The second-order valence-corrected chi connectivity index (χ2v) is 5.32. The fraction of sp³-hybridized carbons (Fsp3) is 0.571. The Morgan fingerprint density at radius 1 is 0.778 bits per heavy atom. The van der Waals surface area contributed by atoms with E-state index < -0.39 is 0 Å². The molecule has 4 heteroatoms. The van der Waals surface area contributed by atoms with Gasteiger partial charge in [0, 0.05) is 14.1 Å². The van der Waals surface area contributed by atoms with Gasteiger partial charge in [0.15, 0.2) is 0 Å². The van der Waals surface area contributed by atoms with Crippen LogP contribution in [0.5, 0.6) is 0 Å². The number of aromatic nitrogens is 2. The third-order valence-electron chi connectivity index (χ3n) is 2.75. The zero-order chi connectivity index (χ0) is 14.0. The lowest BCUT2D eigenvalue weighted by Crippen LogP contribution is -2.56. The first-order chi connectivity index (χ1) is 8.25. The van der Waals surface area contributed by atoms with Gasteiger partial charge in [-0.15, -0.1) is 0 Å². The Kier molecular flexibility index (Phi) is 4.33. The number of rotatable bonds is 2. The average molecular weight is 250 g/mol. The Morgan fingerprint density at radius 3 is 1.28 bits per heavy atom. The van der Waals surface area contributed by atoms with Gasteiger partial charge >= 0.3 is 0 Å². The van der Waals surface area contributed by atoms with Crippen LogP contribution in [-0.2, 0) is 14.1 Å². The molecule has 0 atom stereocenters. The molecule has 0 aromatic carbocycles. The molecule has 1 rings (SSSR count). The maximum atomic E-state index is 12.2. The van der Waals surface area contributed by atoms with Crippen LogP contribution in [0.25, 0.3) is 12.2 Å². The van der Waals surface area contributed by atoms with Gasteiger partial charge in [-0.25, -0.2) is 0 Å². The molecule has 0 fully saturated rings. The molecule has 0 aliphatic carbocycles. The molecule has 0 spiro atoms. The van der Waals surface area contributed by atoms with Gasteiger partial charge in [0.25, 0.3) is 11.1 Å². The van der Waals surface area contributed by atoms with Crippen LogP contribution in [0.3, 0.4) is 0 Å². The lowest BCUT2D eigenvalue weighted by atomic mass is 10.2. The van der Waals surface area contributed by atoms with E-state index in [1.165, 1.54) is 9.13 Å². The van der Waals surface area contributed by atoms with E-state index in [2.05, 4.69) is 0 Å². The smallest absolute Gasteiger partial charge is 0.274 e. The number of hydrogen-bond donors (Lipinski definition) is 0. The maximum Gasteiger partial charge on any atom is 0.274 e. The van der Waals surface area contributed by atoms with Crippen LogP contribution in [0.15, 0.2) is 9.59 Å². The lowest BCUT2D eigenvalue weighted by Gasteiger charge is -2.06. The van der Waals surface area contributed by atoms with Crippen LogP contribution < -0.4 is 21.8 Å². The SMILES string of the molecule is CC(C)/C=c1/c(=O)n(C)/c(=C\C(C)C)c(=O)n1C. The van der Waals surface area contributed by atoms with E-state index in [1.807, 2.05) is 39.8 Å². The molecule has 0 saturated carbocycles. The predicted molar refractivity (Wildman–Crippen MR) is 74.8 cm³/mol. The van der Waals surface area contributed by atoms with Crippen LogP contribution in [0, 0.1) is 11.8 Å². The van der Waals surface area contributed by atoms with Gasteiger partial charge in [0.05, 0.1) is 0 Å². The van der Waals surface area contributed by atoms with Gasteiger partial charge in [-0.3, -0.25) is 9.59 Å². The van der Waals surface area contributed by atoms with Crippen LogP contribution in [0.4, 0.5) is 0 Å². The normalized spacial score (nSPS) is 14.0. The van der Waals surface area contributed by atoms with Crippen molar-refractivity contribution in [1.82, 2.24) is 9.13 Å². The summed E-state index contributed by atoms with van der Waals surface area (Å²) < 4.78 is 2.88. The van der Waals surface area contributed by atoms with Gasteiger partial charge in [-0.2, -0.15) is 0 Å². The predicted octanol–water partition coefficient (Wildman–Crippen LogP) is -0.0430. The summed E-state index contributed by atoms with van der Waals surface area (Å²) in [7, 11) is 3.30. The summed E-state index contributed by atoms with van der Waals surface area (Å²) in [5.74, 6) is 0.450. The Balaban J connectivity index is 3.91. The molecule has 0 amide bonds. The first-order valence-corrected chi connectivity index (χ1v) is 6.25. The molecule has 18 heavy (non-hydrogen) atoms. The van der Waals surface area contributed by atoms with E-state index in [0.717, 1.165) is 0 Å². The van der Waals surface area contributed by atoms with Gasteiger partial charge < -0.3 is 9.13 Å². The Labute approximate surface area is 107 Å². The summed E-state index contributed by atoms with van der Waals surface area (Å²) in [6.45, 7) is 7.94. The largest absolute Gasteiger partial charge is 0.306 e.